The highest BCUT2D eigenvalue weighted by Crippen LogP contribution is 2.33. The number of hydrogen-bond acceptors (Lipinski definition) is 4. The second-order valence-corrected chi connectivity index (χ2v) is 11.4. The van der Waals surface area contributed by atoms with E-state index in [1.165, 1.54) is 0 Å². The van der Waals surface area contributed by atoms with Gasteiger partial charge >= 0.3 is 0 Å². The zero-order chi connectivity index (χ0) is 29.0. The number of nitrogens with zero attached hydrogens (tertiary/aromatic N) is 4. The summed E-state index contributed by atoms with van der Waals surface area (Å²) >= 11 is 2.38. The summed E-state index contributed by atoms with van der Waals surface area (Å²) in [6.45, 7) is 0. The lowest BCUT2D eigenvalue weighted by Gasteiger charge is -2.12. The van der Waals surface area contributed by atoms with E-state index in [0.29, 0.717) is 11.6 Å². The van der Waals surface area contributed by atoms with Crippen LogP contribution in [0, 0.1) is 3.57 Å². The molecule has 0 radical (unpaired) electrons. The topological polar surface area (TPSA) is 51.6 Å². The van der Waals surface area contributed by atoms with Crippen LogP contribution in [0.4, 0.5) is 0 Å². The van der Waals surface area contributed by atoms with Crippen molar-refractivity contribution in [3.63, 3.8) is 0 Å². The van der Waals surface area contributed by atoms with Crippen LogP contribution in [0.25, 0.3) is 67.8 Å². The molecule has 2 heterocycles. The van der Waals surface area contributed by atoms with Crippen LogP contribution in [0.3, 0.4) is 0 Å². The highest BCUT2D eigenvalue weighted by atomic mass is 127. The average molecular weight is 665 g/mol. The van der Waals surface area contributed by atoms with Crippen LogP contribution in [0.2, 0.25) is 0 Å². The molecule has 0 spiro atoms. The minimum Gasteiger partial charge on any atom is -0.228 e. The average Bonchev–Trinajstić information content (AvgIpc) is 3.09. The summed E-state index contributed by atoms with van der Waals surface area (Å²) in [5, 5.41) is 0. The van der Waals surface area contributed by atoms with Crippen LogP contribution in [0.5, 0.6) is 0 Å². The Morgan fingerprint density at radius 2 is 0.605 bits per heavy atom. The Labute approximate surface area is 264 Å². The highest BCUT2D eigenvalue weighted by Gasteiger charge is 2.15. The smallest absolute Gasteiger partial charge is 0.160 e. The molecule has 0 unspecified atom stereocenters. The van der Waals surface area contributed by atoms with Gasteiger partial charge in [0.05, 0.1) is 22.8 Å². The van der Waals surface area contributed by atoms with Crippen molar-refractivity contribution in [3.8, 4) is 67.8 Å². The molecule has 0 saturated heterocycles. The highest BCUT2D eigenvalue weighted by molar-refractivity contribution is 14.1. The second-order valence-electron chi connectivity index (χ2n) is 10.1. The second kappa shape index (κ2) is 12.1. The first-order chi connectivity index (χ1) is 21.2. The third kappa shape index (κ3) is 5.98. The van der Waals surface area contributed by atoms with Crippen molar-refractivity contribution in [1.82, 2.24) is 19.9 Å². The maximum Gasteiger partial charge on any atom is 0.160 e. The van der Waals surface area contributed by atoms with Crippen LogP contribution < -0.4 is 0 Å². The lowest BCUT2D eigenvalue weighted by Crippen LogP contribution is -1.98. The zero-order valence-electron chi connectivity index (χ0n) is 23.1. The molecule has 0 atom stereocenters. The van der Waals surface area contributed by atoms with Crippen molar-refractivity contribution in [1.29, 1.82) is 0 Å². The van der Waals surface area contributed by atoms with E-state index in [2.05, 4.69) is 77.2 Å². The molecule has 0 aliphatic rings. The van der Waals surface area contributed by atoms with Crippen molar-refractivity contribution in [2.24, 2.45) is 0 Å². The van der Waals surface area contributed by atoms with E-state index in [-0.39, 0.29) is 0 Å². The molecule has 4 nitrogen and oxygen atoms in total. The van der Waals surface area contributed by atoms with Gasteiger partial charge in [-0.25, -0.2) is 19.9 Å². The molecule has 0 aliphatic heterocycles. The maximum atomic E-state index is 5.06. The van der Waals surface area contributed by atoms with Gasteiger partial charge in [-0.05, 0) is 52.9 Å². The first-order valence-corrected chi connectivity index (χ1v) is 15.1. The van der Waals surface area contributed by atoms with Gasteiger partial charge in [0.2, 0.25) is 0 Å². The molecular weight excluding hydrogens is 639 g/mol. The molecule has 0 bridgehead atoms. The van der Waals surface area contributed by atoms with E-state index in [4.69, 9.17) is 19.9 Å². The van der Waals surface area contributed by atoms with E-state index >= 15 is 0 Å². The van der Waals surface area contributed by atoms with Gasteiger partial charge in [0, 0.05) is 37.0 Å². The van der Waals surface area contributed by atoms with Crippen molar-refractivity contribution >= 4 is 22.6 Å². The summed E-state index contributed by atoms with van der Waals surface area (Å²) in [5.41, 5.74) is 9.51. The van der Waals surface area contributed by atoms with Gasteiger partial charge in [-0.2, -0.15) is 0 Å². The molecule has 2 aromatic heterocycles. The van der Waals surface area contributed by atoms with Crippen LogP contribution in [0.15, 0.2) is 152 Å². The molecule has 5 aromatic carbocycles. The Bertz CT molecular complexity index is 1750. The lowest BCUT2D eigenvalue weighted by molar-refractivity contribution is 1.18. The number of hydrogen-bond donors (Lipinski definition) is 0. The van der Waals surface area contributed by atoms with Crippen molar-refractivity contribution < 1.29 is 0 Å². The van der Waals surface area contributed by atoms with Gasteiger partial charge < -0.3 is 0 Å². The maximum absolute atomic E-state index is 5.06. The van der Waals surface area contributed by atoms with Crippen molar-refractivity contribution in [2.75, 3.05) is 0 Å². The summed E-state index contributed by atoms with van der Waals surface area (Å²) in [6.07, 6.45) is 0. The summed E-state index contributed by atoms with van der Waals surface area (Å²) in [4.78, 5) is 20.0. The Morgan fingerprint density at radius 3 is 0.953 bits per heavy atom. The molecule has 204 valence electrons. The van der Waals surface area contributed by atoms with Gasteiger partial charge in [-0.15, -0.1) is 0 Å². The molecule has 7 aromatic rings. The van der Waals surface area contributed by atoms with Crippen molar-refractivity contribution in [2.45, 2.75) is 0 Å². The molecular formula is C38H25IN4. The minimum atomic E-state index is 0.692. The predicted molar refractivity (Wildman–Crippen MR) is 183 cm³/mol. The van der Waals surface area contributed by atoms with Gasteiger partial charge in [-0.1, -0.05) is 121 Å². The van der Waals surface area contributed by atoms with Crippen LogP contribution >= 0.6 is 22.6 Å². The minimum absolute atomic E-state index is 0.692. The Kier molecular flexibility index (Phi) is 7.54. The number of aromatic nitrogens is 4. The Morgan fingerprint density at radius 1 is 0.302 bits per heavy atom. The third-order valence-electron chi connectivity index (χ3n) is 7.14. The van der Waals surface area contributed by atoms with Crippen LogP contribution in [-0.4, -0.2) is 19.9 Å². The molecule has 0 amide bonds. The normalized spacial score (nSPS) is 10.9. The largest absolute Gasteiger partial charge is 0.228 e. The molecule has 0 fully saturated rings. The summed E-state index contributed by atoms with van der Waals surface area (Å²) in [7, 11) is 0. The number of benzene rings is 5. The first-order valence-electron chi connectivity index (χ1n) is 14.0. The molecule has 43 heavy (non-hydrogen) atoms. The fourth-order valence-corrected chi connectivity index (χ4v) is 5.69. The lowest BCUT2D eigenvalue weighted by atomic mass is 10.0. The van der Waals surface area contributed by atoms with Gasteiger partial charge in [0.1, 0.15) is 0 Å². The molecule has 7 rings (SSSR count). The number of halogens is 1. The van der Waals surface area contributed by atoms with Crippen LogP contribution in [0.1, 0.15) is 0 Å². The molecule has 0 aliphatic carbocycles. The fourth-order valence-electron chi connectivity index (χ4n) is 5.02. The predicted octanol–water partition coefficient (Wildman–Crippen LogP) is 9.87. The Hall–Kier alpha value is -5.01. The molecule has 5 heteroatoms. The SMILES string of the molecule is Ic1cc(-c2cc(-c3ccccc3)nc(-c3ccccc3)n2)cc(-c2cc(-c3ccccc3)nc(-c3ccccc3)n2)c1. The summed E-state index contributed by atoms with van der Waals surface area (Å²) in [5.74, 6) is 1.38. The van der Waals surface area contributed by atoms with Gasteiger partial charge in [-0.3, -0.25) is 0 Å². The van der Waals surface area contributed by atoms with Gasteiger partial charge in [0.15, 0.2) is 11.6 Å². The molecule has 0 saturated carbocycles. The molecule has 0 N–H and O–H groups in total. The van der Waals surface area contributed by atoms with Gasteiger partial charge in [0.25, 0.3) is 0 Å². The standard InChI is InChI=1S/C38H25IN4/c39-32-22-30(35-24-33(26-13-5-1-6-14-26)40-37(42-35)28-17-9-3-10-18-28)21-31(23-32)36-25-34(27-15-7-2-8-16-27)41-38(43-36)29-19-11-4-12-20-29/h1-25H. The third-order valence-corrected chi connectivity index (χ3v) is 7.77. The van der Waals surface area contributed by atoms with E-state index in [9.17, 15) is 0 Å². The van der Waals surface area contributed by atoms with Crippen molar-refractivity contribution in [3.05, 3.63) is 155 Å². The monoisotopic (exact) mass is 664 g/mol. The van der Waals surface area contributed by atoms with E-state index in [1.54, 1.807) is 0 Å². The van der Waals surface area contributed by atoms with E-state index < -0.39 is 0 Å². The summed E-state index contributed by atoms with van der Waals surface area (Å²) in [6, 6.07) is 51.4. The zero-order valence-corrected chi connectivity index (χ0v) is 25.3. The first kappa shape index (κ1) is 26.9. The van der Waals surface area contributed by atoms with E-state index in [0.717, 1.165) is 59.7 Å². The fraction of sp³-hybridized carbons (Fsp3) is 0. The Balaban J connectivity index is 1.40. The summed E-state index contributed by atoms with van der Waals surface area (Å²) < 4.78 is 1.09. The van der Waals surface area contributed by atoms with Crippen LogP contribution in [-0.2, 0) is 0 Å². The van der Waals surface area contributed by atoms with E-state index in [1.807, 2.05) is 97.1 Å². The number of rotatable bonds is 6. The quantitative estimate of drug-likeness (QED) is 0.166.